The minimum Gasteiger partial charge on any atom is -0.360 e. The van der Waals surface area contributed by atoms with Crippen LogP contribution < -0.4 is 0 Å². The summed E-state index contributed by atoms with van der Waals surface area (Å²) in [7, 11) is 0. The largest absolute Gasteiger partial charge is 0.360 e. The van der Waals surface area contributed by atoms with Gasteiger partial charge in [-0.05, 0) is 30.4 Å². The number of Topliss-reactive ketones (excluding diaryl/α,β-unsaturated/α-hetero) is 1. The molecule has 0 spiro atoms. The van der Waals surface area contributed by atoms with Crippen LogP contribution in [0.15, 0.2) is 24.4 Å². The molecule has 1 unspecified atom stereocenters. The predicted molar refractivity (Wildman–Crippen MR) is 69.3 cm³/mol. The average Bonchev–Trinajstić information content (AvgIpc) is 2.75. The van der Waals surface area contributed by atoms with Crippen LogP contribution in [0.3, 0.4) is 0 Å². The van der Waals surface area contributed by atoms with E-state index < -0.39 is 0 Å². The van der Waals surface area contributed by atoms with Gasteiger partial charge in [0, 0.05) is 28.6 Å². The van der Waals surface area contributed by atoms with Gasteiger partial charge in [-0.25, -0.2) is 0 Å². The van der Waals surface area contributed by atoms with Crippen molar-refractivity contribution in [3.05, 3.63) is 35.5 Å². The van der Waals surface area contributed by atoms with Gasteiger partial charge in [-0.2, -0.15) is 0 Å². The van der Waals surface area contributed by atoms with Gasteiger partial charge in [-0.1, -0.05) is 26.0 Å². The van der Waals surface area contributed by atoms with Crippen LogP contribution in [0.4, 0.5) is 0 Å². The molecule has 1 aliphatic rings. The van der Waals surface area contributed by atoms with Crippen LogP contribution in [-0.4, -0.2) is 10.8 Å². The monoisotopic (exact) mass is 227 g/mol. The fourth-order valence-electron chi connectivity index (χ4n) is 2.66. The molecule has 3 rings (SSSR count). The first kappa shape index (κ1) is 10.6. The summed E-state index contributed by atoms with van der Waals surface area (Å²) in [4.78, 5) is 15.6. The molecule has 1 atom stereocenters. The van der Waals surface area contributed by atoms with Crippen molar-refractivity contribution in [1.82, 2.24) is 4.98 Å². The molecule has 2 aromatic rings. The summed E-state index contributed by atoms with van der Waals surface area (Å²) in [6, 6.07) is 6.10. The van der Waals surface area contributed by atoms with E-state index in [0.717, 1.165) is 22.9 Å². The Morgan fingerprint density at radius 3 is 2.76 bits per heavy atom. The molecule has 17 heavy (non-hydrogen) atoms. The Balaban J connectivity index is 2.10. The van der Waals surface area contributed by atoms with Crippen molar-refractivity contribution in [2.24, 2.45) is 11.3 Å². The van der Waals surface area contributed by atoms with Gasteiger partial charge in [0.05, 0.1) is 0 Å². The number of aromatic amines is 1. The first-order valence-electron chi connectivity index (χ1n) is 6.11. The van der Waals surface area contributed by atoms with Gasteiger partial charge in [0.15, 0.2) is 5.78 Å². The molecule has 1 heterocycles. The number of rotatable bonds is 2. The first-order chi connectivity index (χ1) is 8.00. The molecule has 1 N–H and O–H groups in total. The number of carbonyl (C=O) groups excluding carboxylic acids is 1. The average molecular weight is 227 g/mol. The van der Waals surface area contributed by atoms with Gasteiger partial charge in [-0.3, -0.25) is 4.79 Å². The molecule has 1 saturated carbocycles. The predicted octanol–water partition coefficient (Wildman–Crippen LogP) is 3.71. The maximum Gasteiger partial charge on any atom is 0.168 e. The minimum atomic E-state index is 0.198. The Kier molecular flexibility index (Phi) is 2.00. The molecular formula is C15H17NO. The summed E-state index contributed by atoms with van der Waals surface area (Å²) in [5.74, 6) is 0.511. The molecule has 1 fully saturated rings. The summed E-state index contributed by atoms with van der Waals surface area (Å²) in [5, 5.41) is 1.10. The fraction of sp³-hybridized carbons (Fsp3) is 0.400. The molecule has 0 aliphatic heterocycles. The second-order valence-electron chi connectivity index (χ2n) is 5.81. The maximum absolute atomic E-state index is 12.4. The number of nitrogens with one attached hydrogen (secondary N) is 1. The second-order valence-corrected chi connectivity index (χ2v) is 5.81. The van der Waals surface area contributed by atoms with E-state index in [2.05, 4.69) is 31.8 Å². The van der Waals surface area contributed by atoms with Gasteiger partial charge < -0.3 is 4.98 Å². The van der Waals surface area contributed by atoms with E-state index in [1.54, 1.807) is 0 Å². The van der Waals surface area contributed by atoms with Crippen molar-refractivity contribution in [3.63, 3.8) is 0 Å². The number of fused-ring (bicyclic) bond motifs is 1. The molecule has 1 aliphatic carbocycles. The summed E-state index contributed by atoms with van der Waals surface area (Å²) < 4.78 is 0. The Bertz CT molecular complexity index is 606. The van der Waals surface area contributed by atoms with Gasteiger partial charge in [0.1, 0.15) is 0 Å². The van der Waals surface area contributed by atoms with E-state index in [-0.39, 0.29) is 11.3 Å². The van der Waals surface area contributed by atoms with Gasteiger partial charge in [0.25, 0.3) is 0 Å². The van der Waals surface area contributed by atoms with Crippen molar-refractivity contribution < 1.29 is 4.79 Å². The first-order valence-corrected chi connectivity index (χ1v) is 6.11. The molecule has 2 nitrogen and oxygen atoms in total. The lowest BCUT2D eigenvalue weighted by Crippen LogP contribution is -2.06. The van der Waals surface area contributed by atoms with Crippen LogP contribution in [0.5, 0.6) is 0 Å². The number of aryl methyl sites for hydroxylation is 1. The summed E-state index contributed by atoms with van der Waals surface area (Å²) in [5.41, 5.74) is 3.30. The number of carbonyl (C=O) groups is 1. The summed E-state index contributed by atoms with van der Waals surface area (Å²) in [6.07, 6.45) is 2.89. The summed E-state index contributed by atoms with van der Waals surface area (Å²) in [6.45, 7) is 6.39. The zero-order valence-corrected chi connectivity index (χ0v) is 10.5. The van der Waals surface area contributed by atoms with E-state index in [1.807, 2.05) is 18.3 Å². The number of ketones is 1. The lowest BCUT2D eigenvalue weighted by molar-refractivity contribution is 0.0955. The Hall–Kier alpha value is -1.57. The van der Waals surface area contributed by atoms with Gasteiger partial charge >= 0.3 is 0 Å². The Morgan fingerprint density at radius 1 is 1.41 bits per heavy atom. The van der Waals surface area contributed by atoms with Crippen molar-refractivity contribution in [2.75, 3.05) is 0 Å². The third-order valence-corrected chi connectivity index (χ3v) is 4.01. The second kappa shape index (κ2) is 3.22. The highest BCUT2D eigenvalue weighted by Gasteiger charge is 2.50. The van der Waals surface area contributed by atoms with Gasteiger partial charge in [-0.15, -0.1) is 0 Å². The zero-order chi connectivity index (χ0) is 12.2. The molecular weight excluding hydrogens is 210 g/mol. The quantitative estimate of drug-likeness (QED) is 0.779. The van der Waals surface area contributed by atoms with Crippen molar-refractivity contribution >= 4 is 16.7 Å². The summed E-state index contributed by atoms with van der Waals surface area (Å²) >= 11 is 0. The van der Waals surface area contributed by atoms with E-state index in [4.69, 9.17) is 0 Å². The van der Waals surface area contributed by atoms with Crippen molar-refractivity contribution in [1.29, 1.82) is 0 Å². The maximum atomic E-state index is 12.4. The number of aromatic nitrogens is 1. The smallest absolute Gasteiger partial charge is 0.168 e. The fourth-order valence-corrected chi connectivity index (χ4v) is 2.66. The van der Waals surface area contributed by atoms with Crippen molar-refractivity contribution in [3.8, 4) is 0 Å². The molecule has 0 saturated heterocycles. The lowest BCUT2D eigenvalue weighted by Gasteiger charge is -2.03. The Morgan fingerprint density at radius 2 is 2.12 bits per heavy atom. The molecule has 1 aromatic heterocycles. The highest BCUT2D eigenvalue weighted by molar-refractivity contribution is 6.11. The molecule has 1 aromatic carbocycles. The van der Waals surface area contributed by atoms with Crippen LogP contribution in [-0.2, 0) is 0 Å². The minimum absolute atomic E-state index is 0.198. The number of H-pyrrole nitrogens is 1. The number of benzene rings is 1. The molecule has 2 heteroatoms. The Labute approximate surface area is 101 Å². The standard InChI is InChI=1S/C15H17NO/c1-9-5-4-6-12-13(9)10(8-16-12)14(17)11-7-15(11,2)3/h4-6,8,11,16H,7H2,1-3H3. The molecule has 0 radical (unpaired) electrons. The lowest BCUT2D eigenvalue weighted by atomic mass is 9.99. The number of hydrogen-bond acceptors (Lipinski definition) is 1. The SMILES string of the molecule is Cc1cccc2[nH]cc(C(=O)C3CC3(C)C)c12. The molecule has 0 amide bonds. The van der Waals surface area contributed by atoms with Crippen LogP contribution >= 0.6 is 0 Å². The molecule has 0 bridgehead atoms. The van der Waals surface area contributed by atoms with E-state index in [1.165, 1.54) is 5.56 Å². The third kappa shape index (κ3) is 1.51. The molecule has 88 valence electrons. The van der Waals surface area contributed by atoms with E-state index in [0.29, 0.717) is 5.78 Å². The normalized spacial score (nSPS) is 21.7. The highest BCUT2D eigenvalue weighted by Crippen LogP contribution is 2.53. The number of hydrogen-bond donors (Lipinski definition) is 1. The van der Waals surface area contributed by atoms with Crippen LogP contribution in [0.2, 0.25) is 0 Å². The van der Waals surface area contributed by atoms with E-state index in [9.17, 15) is 4.79 Å². The van der Waals surface area contributed by atoms with Crippen LogP contribution in [0.25, 0.3) is 10.9 Å². The van der Waals surface area contributed by atoms with Crippen molar-refractivity contribution in [2.45, 2.75) is 27.2 Å². The van der Waals surface area contributed by atoms with Crippen LogP contribution in [0, 0.1) is 18.3 Å². The topological polar surface area (TPSA) is 32.9 Å². The zero-order valence-electron chi connectivity index (χ0n) is 10.5. The van der Waals surface area contributed by atoms with Gasteiger partial charge in [0.2, 0.25) is 0 Å². The van der Waals surface area contributed by atoms with Crippen LogP contribution in [0.1, 0.15) is 36.2 Å². The third-order valence-electron chi connectivity index (χ3n) is 4.01. The van der Waals surface area contributed by atoms with E-state index >= 15 is 0 Å². The highest BCUT2D eigenvalue weighted by atomic mass is 16.1.